The summed E-state index contributed by atoms with van der Waals surface area (Å²) in [6, 6.07) is 30.8. The monoisotopic (exact) mass is 786 g/mol. The van der Waals surface area contributed by atoms with Gasteiger partial charge in [0.05, 0.1) is 11.4 Å². The maximum atomic E-state index is 10.6. The van der Waals surface area contributed by atoms with Crippen LogP contribution in [0.2, 0.25) is 0 Å². The number of nitrogens with zero attached hydrogens (tertiary/aromatic N) is 5. The molecule has 0 fully saturated rings. The number of rotatable bonds is 11. The summed E-state index contributed by atoms with van der Waals surface area (Å²) < 4.78 is 68.4. The second-order valence-corrected chi connectivity index (χ2v) is 11.5. The van der Waals surface area contributed by atoms with Crippen LogP contribution in [-0.4, -0.2) is 44.9 Å². The molecule has 3 unspecified atom stereocenters. The average molecular weight is 787 g/mol. The van der Waals surface area contributed by atoms with Crippen molar-refractivity contribution in [3.8, 4) is 0 Å². The Morgan fingerprint density at radius 3 is 1.58 bits per heavy atom. The predicted octanol–water partition coefficient (Wildman–Crippen LogP) is 5.11. The quantitative estimate of drug-likeness (QED) is 0.0254. The van der Waals surface area contributed by atoms with E-state index in [9.17, 15) is 26.3 Å². The second-order valence-electron chi connectivity index (χ2n) is 9.49. The van der Waals surface area contributed by atoms with Crippen molar-refractivity contribution < 1.29 is 31.8 Å². The standard InChI is InChI=1S/C18H19N5O2S.C6H5N3O2S.C6H8N2O2S.HNO2.H2O/c19-11-12-20-17-9-10-18(16-4-2-1-3-15(16)17)22-21-13-5-7-14(8-6-13)23-26(24)25;7-8-5-1-3-6(4-2-5)9-12(10)11;7-5-1-3-6(4-2-5)8-11(9)10;2-1-3;/h1-10,20,23H,11-12,19H2,(H,24,25);1-4,9H;1-4,8H,7H2,(H,9,10);(H,2,3);1H2/p-3. The predicted molar refractivity (Wildman–Crippen MR) is 205 cm³/mol. The van der Waals surface area contributed by atoms with Crippen LogP contribution in [0.15, 0.2) is 125 Å². The molecule has 20 nitrogen and oxygen atoms in total. The molecule has 0 aliphatic rings. The van der Waals surface area contributed by atoms with Crippen LogP contribution in [0.5, 0.6) is 0 Å². The Labute approximate surface area is 310 Å². The highest BCUT2D eigenvalue weighted by molar-refractivity contribution is 7.81. The number of hydrogen-bond acceptors (Lipinski definition) is 15. The number of benzene rings is 5. The number of nitrogens with two attached hydrogens (primary N) is 2. The molecule has 0 spiro atoms. The van der Waals surface area contributed by atoms with Crippen molar-refractivity contribution in [3.05, 3.63) is 124 Å². The van der Waals surface area contributed by atoms with Crippen LogP contribution < -0.4 is 31.0 Å². The van der Waals surface area contributed by atoms with Gasteiger partial charge in [-0.15, -0.1) is 10.5 Å². The summed E-state index contributed by atoms with van der Waals surface area (Å²) in [7, 11) is 0. The van der Waals surface area contributed by atoms with E-state index >= 15 is 0 Å². The van der Waals surface area contributed by atoms with Crippen LogP contribution in [-0.2, 0) is 33.8 Å². The van der Waals surface area contributed by atoms with Crippen LogP contribution in [0.25, 0.3) is 15.7 Å². The fraction of sp³-hybridized carbons (Fsp3) is 0.0667. The number of nitrogens with one attached hydrogen (secondary N) is 4. The van der Waals surface area contributed by atoms with Crippen molar-refractivity contribution in [2.45, 2.75) is 0 Å². The lowest BCUT2D eigenvalue weighted by molar-refractivity contribution is 0.541. The summed E-state index contributed by atoms with van der Waals surface area (Å²) in [6.07, 6.45) is 0. The SMILES string of the molecule is N#[N+]c1ccc(NS(=O)[O-])cc1.NCCNc1ccc(N=Nc2ccc(NS(=O)[O-])cc2)c2ccccc12.Nc1ccc(NS(=O)[O-])cc1.O.O=N[O-]. The lowest BCUT2D eigenvalue weighted by Crippen LogP contribution is -2.13. The molecular formula is C30H32N11O9S3-3. The fourth-order valence-corrected chi connectivity index (χ4v) is 4.86. The molecule has 3 atom stereocenters. The van der Waals surface area contributed by atoms with Gasteiger partial charge < -0.3 is 60.2 Å². The molecule has 5 aromatic carbocycles. The third kappa shape index (κ3) is 17.7. The molecule has 0 amide bonds. The number of hydrogen-bond donors (Lipinski definition) is 6. The topological polar surface area (TPSA) is 357 Å². The van der Waals surface area contributed by atoms with E-state index in [2.05, 4.69) is 34.7 Å². The molecule has 0 bridgehead atoms. The Morgan fingerprint density at radius 1 is 0.679 bits per heavy atom. The minimum atomic E-state index is -2.35. The zero-order chi connectivity index (χ0) is 38.3. The van der Waals surface area contributed by atoms with E-state index < -0.39 is 33.8 Å². The van der Waals surface area contributed by atoms with E-state index in [1.807, 2.05) is 36.4 Å². The smallest absolute Gasteiger partial charge is 0.385 e. The largest absolute Gasteiger partial charge is 0.755 e. The molecule has 0 radical (unpaired) electrons. The van der Waals surface area contributed by atoms with Gasteiger partial charge in [-0.2, -0.15) is 5.11 Å². The molecular weight excluding hydrogens is 755 g/mol. The molecule has 0 heterocycles. The Kier molecular flexibility index (Phi) is 21.3. The molecule has 0 aliphatic heterocycles. The lowest BCUT2D eigenvalue weighted by atomic mass is 10.1. The highest BCUT2D eigenvalue weighted by atomic mass is 32.2. The lowest BCUT2D eigenvalue weighted by Gasteiger charge is -2.10. The number of anilines is 5. The molecule has 53 heavy (non-hydrogen) atoms. The molecule has 0 aliphatic carbocycles. The van der Waals surface area contributed by atoms with E-state index in [1.165, 1.54) is 24.3 Å². The van der Waals surface area contributed by atoms with Gasteiger partial charge in [0.25, 0.3) is 0 Å². The second kappa shape index (κ2) is 25.1. The van der Waals surface area contributed by atoms with Gasteiger partial charge >= 0.3 is 5.69 Å². The first kappa shape index (κ1) is 45.1. The van der Waals surface area contributed by atoms with Crippen molar-refractivity contribution in [2.75, 3.05) is 38.3 Å². The van der Waals surface area contributed by atoms with E-state index in [4.69, 9.17) is 27.0 Å². The van der Waals surface area contributed by atoms with Crippen molar-refractivity contribution in [2.24, 2.45) is 21.3 Å². The summed E-state index contributed by atoms with van der Waals surface area (Å²) in [6.45, 7) is 1.25. The Hall–Kier alpha value is -5.97. The minimum Gasteiger partial charge on any atom is -0.755 e. The molecule has 0 aromatic heterocycles. The van der Waals surface area contributed by atoms with Gasteiger partial charge in [0, 0.05) is 98.2 Å². The fourth-order valence-electron chi connectivity index (χ4n) is 3.88. The first-order chi connectivity index (χ1) is 25.0. The normalized spacial score (nSPS) is 11.5. The van der Waals surface area contributed by atoms with Gasteiger partial charge in [-0.3, -0.25) is 12.6 Å². The summed E-state index contributed by atoms with van der Waals surface area (Å²) in [5.41, 5.74) is 15.7. The van der Waals surface area contributed by atoms with Gasteiger partial charge in [0.2, 0.25) is 5.39 Å². The van der Waals surface area contributed by atoms with Crippen LogP contribution in [0, 0.1) is 15.5 Å². The Morgan fingerprint density at radius 2 is 1.13 bits per heavy atom. The minimum absolute atomic E-state index is 0. The van der Waals surface area contributed by atoms with E-state index in [0.29, 0.717) is 47.2 Å². The highest BCUT2D eigenvalue weighted by Gasteiger charge is 2.05. The molecule has 282 valence electrons. The zero-order valence-corrected chi connectivity index (χ0v) is 29.6. The summed E-state index contributed by atoms with van der Waals surface area (Å²) in [5, 5.41) is 31.2. The Balaban J connectivity index is 0.000000432. The summed E-state index contributed by atoms with van der Waals surface area (Å²) in [4.78, 5) is 10.9. The molecule has 5 aromatic rings. The van der Waals surface area contributed by atoms with Crippen molar-refractivity contribution in [3.63, 3.8) is 0 Å². The maximum absolute atomic E-state index is 10.6. The molecule has 10 N–H and O–H groups in total. The maximum Gasteiger partial charge on any atom is 0.385 e. The van der Waals surface area contributed by atoms with Gasteiger partial charge in [-0.05, 0) is 72.8 Å². The van der Waals surface area contributed by atoms with E-state index in [0.717, 1.165) is 27.5 Å². The van der Waals surface area contributed by atoms with Crippen LogP contribution in [0.3, 0.4) is 0 Å². The first-order valence-corrected chi connectivity index (χ1v) is 17.5. The first-order valence-electron chi connectivity index (χ1n) is 14.3. The summed E-state index contributed by atoms with van der Waals surface area (Å²) >= 11 is -6.93. The van der Waals surface area contributed by atoms with Gasteiger partial charge in [-0.1, -0.05) is 24.3 Å². The van der Waals surface area contributed by atoms with E-state index in [-0.39, 0.29) is 5.48 Å². The number of azo groups is 1. The average Bonchev–Trinajstić information content (AvgIpc) is 3.12. The number of diazo groups is 1. The van der Waals surface area contributed by atoms with Gasteiger partial charge in [0.1, 0.15) is 0 Å². The molecule has 23 heteroatoms. The number of fused-ring (bicyclic) bond motifs is 1. The van der Waals surface area contributed by atoms with Gasteiger partial charge in [0.15, 0.2) is 4.98 Å². The van der Waals surface area contributed by atoms with Crippen LogP contribution in [0.4, 0.5) is 45.5 Å². The molecule has 0 saturated carbocycles. The molecule has 5 rings (SSSR count). The number of nitrogen functional groups attached to an aromatic ring is 1. The summed E-state index contributed by atoms with van der Waals surface area (Å²) in [5.74, 6) is 0. The van der Waals surface area contributed by atoms with Crippen LogP contribution in [0.1, 0.15) is 0 Å². The van der Waals surface area contributed by atoms with Crippen LogP contribution >= 0.6 is 0 Å². The van der Waals surface area contributed by atoms with Crippen molar-refractivity contribution >= 4 is 90.1 Å². The van der Waals surface area contributed by atoms with Crippen molar-refractivity contribution in [1.82, 2.24) is 0 Å². The third-order valence-corrected chi connectivity index (χ3v) is 7.21. The zero-order valence-electron chi connectivity index (χ0n) is 27.2. The van der Waals surface area contributed by atoms with Gasteiger partial charge in [-0.25, -0.2) is 0 Å². The van der Waals surface area contributed by atoms with E-state index in [1.54, 1.807) is 48.5 Å². The van der Waals surface area contributed by atoms with Crippen molar-refractivity contribution in [1.29, 1.82) is 5.39 Å². The Bertz CT molecular complexity index is 2000. The highest BCUT2D eigenvalue weighted by Crippen LogP contribution is 2.33. The third-order valence-electron chi connectivity index (χ3n) is 6.00. The molecule has 0 saturated heterocycles.